The first-order chi connectivity index (χ1) is 10.8. The van der Waals surface area contributed by atoms with E-state index >= 15 is 0 Å². The number of hydrogen-bond donors (Lipinski definition) is 1. The second kappa shape index (κ2) is 8.24. The Kier molecular flexibility index (Phi) is 6.59. The number of nitrogens with one attached hydrogen (secondary N) is 1. The highest BCUT2D eigenvalue weighted by Gasteiger charge is 2.18. The molecule has 130 valence electrons. The van der Waals surface area contributed by atoms with E-state index in [1.54, 1.807) is 0 Å². The number of piperazine rings is 1. The molecule has 1 fully saturated rings. The smallest absolute Gasteiger partial charge is 0.215 e. The van der Waals surface area contributed by atoms with E-state index in [1.165, 1.54) is 0 Å². The third-order valence-electron chi connectivity index (χ3n) is 4.26. The van der Waals surface area contributed by atoms with Crippen LogP contribution in [0.2, 0.25) is 0 Å². The third-order valence-corrected chi connectivity index (χ3v) is 5.58. The molecule has 1 aliphatic heterocycles. The van der Waals surface area contributed by atoms with Gasteiger partial charge in [-0.1, -0.05) is 36.8 Å². The third kappa shape index (κ3) is 6.59. The van der Waals surface area contributed by atoms with Crippen molar-refractivity contribution in [3.05, 3.63) is 35.4 Å². The maximum atomic E-state index is 12.2. The summed E-state index contributed by atoms with van der Waals surface area (Å²) < 4.78 is 27.2. The summed E-state index contributed by atoms with van der Waals surface area (Å²) in [6.07, 6.45) is 0. The average Bonchev–Trinajstić information content (AvgIpc) is 2.47. The van der Waals surface area contributed by atoms with E-state index in [4.69, 9.17) is 0 Å². The summed E-state index contributed by atoms with van der Waals surface area (Å²) in [5.74, 6) is 0.362. The van der Waals surface area contributed by atoms with Crippen LogP contribution in [0.25, 0.3) is 0 Å². The number of aryl methyl sites for hydroxylation is 1. The Morgan fingerprint density at radius 1 is 1.22 bits per heavy atom. The van der Waals surface area contributed by atoms with Gasteiger partial charge in [0.2, 0.25) is 10.0 Å². The lowest BCUT2D eigenvalue weighted by atomic mass is 10.1. The molecule has 1 saturated heterocycles. The fourth-order valence-corrected chi connectivity index (χ4v) is 4.14. The molecule has 1 heterocycles. The summed E-state index contributed by atoms with van der Waals surface area (Å²) in [7, 11) is -1.13. The van der Waals surface area contributed by atoms with Crippen LogP contribution in [0.5, 0.6) is 0 Å². The topological polar surface area (TPSA) is 52.7 Å². The van der Waals surface area contributed by atoms with Crippen LogP contribution in [-0.2, 0) is 15.8 Å². The van der Waals surface area contributed by atoms with Crippen molar-refractivity contribution in [3.63, 3.8) is 0 Å². The molecule has 2 rings (SSSR count). The Labute approximate surface area is 140 Å². The Morgan fingerprint density at radius 3 is 2.57 bits per heavy atom. The Morgan fingerprint density at radius 2 is 1.91 bits per heavy atom. The second-order valence-corrected chi connectivity index (χ2v) is 8.61. The molecule has 1 atom stereocenters. The second-order valence-electron chi connectivity index (χ2n) is 6.81. The van der Waals surface area contributed by atoms with Gasteiger partial charge in [-0.05, 0) is 25.5 Å². The molecule has 0 amide bonds. The summed E-state index contributed by atoms with van der Waals surface area (Å²) in [5.41, 5.74) is 1.92. The van der Waals surface area contributed by atoms with Crippen LogP contribution in [0, 0.1) is 12.8 Å². The number of hydrogen-bond acceptors (Lipinski definition) is 4. The van der Waals surface area contributed by atoms with E-state index in [9.17, 15) is 8.42 Å². The first-order valence-corrected chi connectivity index (χ1v) is 9.93. The zero-order chi connectivity index (χ0) is 16.9. The summed E-state index contributed by atoms with van der Waals surface area (Å²) in [4.78, 5) is 4.74. The van der Waals surface area contributed by atoms with Gasteiger partial charge >= 0.3 is 0 Å². The van der Waals surface area contributed by atoms with Crippen molar-refractivity contribution in [2.45, 2.75) is 19.6 Å². The fraction of sp³-hybridized carbons (Fsp3) is 0.647. The highest BCUT2D eigenvalue weighted by Crippen LogP contribution is 2.09. The van der Waals surface area contributed by atoms with Crippen LogP contribution in [-0.4, -0.2) is 64.5 Å². The van der Waals surface area contributed by atoms with Gasteiger partial charge in [0.25, 0.3) is 0 Å². The molecule has 1 N–H and O–H groups in total. The average molecular weight is 340 g/mol. The Bertz CT molecular complexity index is 596. The van der Waals surface area contributed by atoms with Gasteiger partial charge in [-0.15, -0.1) is 0 Å². The van der Waals surface area contributed by atoms with Crippen LogP contribution >= 0.6 is 0 Å². The quantitative estimate of drug-likeness (QED) is 0.813. The Hall–Kier alpha value is -0.950. The molecular weight excluding hydrogens is 310 g/mol. The van der Waals surface area contributed by atoms with Gasteiger partial charge in [-0.3, -0.25) is 0 Å². The van der Waals surface area contributed by atoms with Gasteiger partial charge in [-0.2, -0.15) is 0 Å². The van der Waals surface area contributed by atoms with E-state index < -0.39 is 10.0 Å². The molecule has 0 saturated carbocycles. The number of rotatable bonds is 7. The van der Waals surface area contributed by atoms with Gasteiger partial charge in [0, 0.05) is 39.3 Å². The molecule has 0 bridgehead atoms. The lowest BCUT2D eigenvalue weighted by Crippen LogP contribution is -2.46. The minimum Gasteiger partial charge on any atom is -0.304 e. The van der Waals surface area contributed by atoms with Crippen molar-refractivity contribution >= 4 is 10.0 Å². The standard InChI is InChI=1S/C17H29N3O2S/c1-15-5-4-6-17(11-15)14-23(21,22)18-12-16(2)13-20-9-7-19(3)8-10-20/h4-6,11,16,18H,7-10,12-14H2,1-3H3/t16-/m1/s1. The van der Waals surface area contributed by atoms with Crippen LogP contribution < -0.4 is 4.72 Å². The van der Waals surface area contributed by atoms with Crippen molar-refractivity contribution in [2.24, 2.45) is 5.92 Å². The highest BCUT2D eigenvalue weighted by atomic mass is 32.2. The first-order valence-electron chi connectivity index (χ1n) is 8.28. The lowest BCUT2D eigenvalue weighted by molar-refractivity contribution is 0.139. The Balaban J connectivity index is 1.77. The van der Waals surface area contributed by atoms with E-state index in [2.05, 4.69) is 28.5 Å². The zero-order valence-corrected chi connectivity index (χ0v) is 15.3. The minimum absolute atomic E-state index is 0.0515. The van der Waals surface area contributed by atoms with E-state index in [1.807, 2.05) is 31.2 Å². The molecule has 6 heteroatoms. The molecule has 1 aliphatic rings. The molecular formula is C17H29N3O2S. The van der Waals surface area contributed by atoms with E-state index in [0.29, 0.717) is 12.5 Å². The fourth-order valence-electron chi connectivity index (χ4n) is 2.88. The largest absolute Gasteiger partial charge is 0.304 e. The van der Waals surface area contributed by atoms with Crippen molar-refractivity contribution in [1.82, 2.24) is 14.5 Å². The summed E-state index contributed by atoms with van der Waals surface area (Å²) in [6.45, 7) is 9.84. The van der Waals surface area contributed by atoms with Crippen LogP contribution in [0.3, 0.4) is 0 Å². The monoisotopic (exact) mass is 339 g/mol. The van der Waals surface area contributed by atoms with Gasteiger partial charge in [0.15, 0.2) is 0 Å². The van der Waals surface area contributed by atoms with Gasteiger partial charge in [0.05, 0.1) is 5.75 Å². The molecule has 0 radical (unpaired) electrons. The molecule has 0 unspecified atom stereocenters. The molecule has 0 aliphatic carbocycles. The normalized spacial score (nSPS) is 18.9. The summed E-state index contributed by atoms with van der Waals surface area (Å²) in [5, 5.41) is 0. The molecule has 0 spiro atoms. The number of nitrogens with zero attached hydrogens (tertiary/aromatic N) is 2. The predicted molar refractivity (Wildman–Crippen MR) is 94.9 cm³/mol. The van der Waals surface area contributed by atoms with Gasteiger partial charge < -0.3 is 9.80 Å². The summed E-state index contributed by atoms with van der Waals surface area (Å²) in [6, 6.07) is 7.66. The van der Waals surface area contributed by atoms with Crippen LogP contribution in [0.4, 0.5) is 0 Å². The molecule has 0 aromatic heterocycles. The predicted octanol–water partition coefficient (Wildman–Crippen LogP) is 1.30. The SMILES string of the molecule is Cc1cccc(CS(=O)(=O)NC[C@@H](C)CN2CCN(C)CC2)c1. The zero-order valence-electron chi connectivity index (χ0n) is 14.5. The van der Waals surface area contributed by atoms with Crippen LogP contribution in [0.15, 0.2) is 24.3 Å². The number of likely N-dealkylation sites (N-methyl/N-ethyl adjacent to an activating group) is 1. The van der Waals surface area contributed by atoms with Crippen LogP contribution in [0.1, 0.15) is 18.1 Å². The molecule has 1 aromatic carbocycles. The highest BCUT2D eigenvalue weighted by molar-refractivity contribution is 7.88. The van der Waals surface area contributed by atoms with Crippen molar-refractivity contribution in [2.75, 3.05) is 46.3 Å². The van der Waals surface area contributed by atoms with E-state index in [-0.39, 0.29) is 5.75 Å². The maximum absolute atomic E-state index is 12.2. The molecule has 23 heavy (non-hydrogen) atoms. The van der Waals surface area contributed by atoms with Gasteiger partial charge in [-0.25, -0.2) is 13.1 Å². The maximum Gasteiger partial charge on any atom is 0.215 e. The lowest BCUT2D eigenvalue weighted by Gasteiger charge is -2.33. The minimum atomic E-state index is -3.27. The first kappa shape index (κ1) is 18.4. The number of benzene rings is 1. The van der Waals surface area contributed by atoms with Crippen molar-refractivity contribution < 1.29 is 8.42 Å². The van der Waals surface area contributed by atoms with E-state index in [0.717, 1.165) is 43.9 Å². The number of sulfonamides is 1. The molecule has 5 nitrogen and oxygen atoms in total. The summed E-state index contributed by atoms with van der Waals surface area (Å²) >= 11 is 0. The van der Waals surface area contributed by atoms with Gasteiger partial charge in [0.1, 0.15) is 0 Å². The molecule has 1 aromatic rings. The van der Waals surface area contributed by atoms with Crippen molar-refractivity contribution in [3.8, 4) is 0 Å². The van der Waals surface area contributed by atoms with Crippen molar-refractivity contribution in [1.29, 1.82) is 0 Å².